The fourth-order valence-electron chi connectivity index (χ4n) is 4.52. The quantitative estimate of drug-likeness (QED) is 0.387. The SMILES string of the molecule is C[C@@H](O)[C@H]1C(=O)N2C(C(=O)O)=C(c3cn4cnc(S(=O)(=O)N[Si](C)(C)C(C)(C)C)c4s3)[C@H](C)[C@H]12. The second kappa shape index (κ2) is 7.72. The highest BCUT2D eigenvalue weighted by atomic mass is 32.2. The second-order valence-electron chi connectivity index (χ2n) is 10.7. The van der Waals surface area contributed by atoms with Crippen molar-refractivity contribution in [2.45, 2.75) is 69.9 Å². The number of amides is 1. The predicted octanol–water partition coefficient (Wildman–Crippen LogP) is 2.33. The van der Waals surface area contributed by atoms with Crippen LogP contribution in [0.4, 0.5) is 0 Å². The van der Waals surface area contributed by atoms with E-state index in [-0.39, 0.29) is 21.7 Å². The van der Waals surface area contributed by atoms with Crippen LogP contribution in [0.15, 0.2) is 23.2 Å². The van der Waals surface area contributed by atoms with E-state index in [2.05, 4.69) is 9.37 Å². The normalized spacial score (nSPS) is 24.5. The lowest BCUT2D eigenvalue weighted by Gasteiger charge is -2.46. The minimum atomic E-state index is -3.92. The Bertz CT molecular complexity index is 1330. The van der Waals surface area contributed by atoms with E-state index < -0.39 is 48.2 Å². The molecule has 2 aromatic heterocycles. The van der Waals surface area contributed by atoms with E-state index in [0.717, 1.165) is 11.3 Å². The highest BCUT2D eigenvalue weighted by molar-refractivity contribution is 7.91. The number of carboxylic acid groups (broad SMARTS) is 1. The Kier molecular flexibility index (Phi) is 5.68. The van der Waals surface area contributed by atoms with Crippen molar-refractivity contribution in [1.29, 1.82) is 0 Å². The number of carbonyl (C=O) groups excluding carboxylic acids is 1. The lowest BCUT2D eigenvalue weighted by molar-refractivity contribution is -0.163. The number of nitrogens with one attached hydrogen (secondary N) is 1. The summed E-state index contributed by atoms with van der Waals surface area (Å²) < 4.78 is 31.0. The van der Waals surface area contributed by atoms with E-state index in [1.807, 2.05) is 40.8 Å². The maximum absolute atomic E-state index is 13.3. The molecule has 1 fully saturated rings. The number of hydrogen-bond acceptors (Lipinski definition) is 7. The largest absolute Gasteiger partial charge is 0.477 e. The first-order chi connectivity index (χ1) is 15.5. The number of aromatic nitrogens is 2. The van der Waals surface area contributed by atoms with E-state index in [1.165, 1.54) is 18.2 Å². The van der Waals surface area contributed by atoms with Crippen molar-refractivity contribution >= 4 is 51.9 Å². The van der Waals surface area contributed by atoms with E-state index in [0.29, 0.717) is 15.3 Å². The van der Waals surface area contributed by atoms with Gasteiger partial charge >= 0.3 is 5.97 Å². The summed E-state index contributed by atoms with van der Waals surface area (Å²) in [6, 6.07) is -0.448. The minimum absolute atomic E-state index is 0.0992. The van der Waals surface area contributed by atoms with E-state index >= 15 is 0 Å². The van der Waals surface area contributed by atoms with Crippen LogP contribution in [0.2, 0.25) is 18.1 Å². The number of β-lactam (4-membered cyclic amide) rings is 1. The number of fused-ring (bicyclic) bond motifs is 2. The zero-order chi connectivity index (χ0) is 25.5. The van der Waals surface area contributed by atoms with Crippen molar-refractivity contribution in [3.8, 4) is 0 Å². The summed E-state index contributed by atoms with van der Waals surface area (Å²) in [6.45, 7) is 13.2. The van der Waals surface area contributed by atoms with Crippen molar-refractivity contribution in [3.05, 3.63) is 23.1 Å². The molecule has 186 valence electrons. The summed E-state index contributed by atoms with van der Waals surface area (Å²) >= 11 is 1.13. The maximum Gasteiger partial charge on any atom is 0.352 e. The van der Waals surface area contributed by atoms with Gasteiger partial charge in [-0.3, -0.25) is 9.20 Å². The summed E-state index contributed by atoms with van der Waals surface area (Å²) in [4.78, 5) is 31.1. The predicted molar refractivity (Wildman–Crippen MR) is 130 cm³/mol. The van der Waals surface area contributed by atoms with Gasteiger partial charge in [-0.25, -0.2) is 22.6 Å². The van der Waals surface area contributed by atoms with Crippen molar-refractivity contribution in [2.24, 2.45) is 11.8 Å². The number of hydrogen-bond donors (Lipinski definition) is 3. The van der Waals surface area contributed by atoms with Gasteiger partial charge in [-0.15, -0.1) is 11.3 Å². The van der Waals surface area contributed by atoms with Gasteiger partial charge in [-0.1, -0.05) is 40.8 Å². The molecule has 0 spiro atoms. The molecule has 0 bridgehead atoms. The number of aliphatic carboxylic acids is 1. The van der Waals surface area contributed by atoms with Crippen LogP contribution in [0.1, 0.15) is 39.5 Å². The smallest absolute Gasteiger partial charge is 0.352 e. The molecule has 0 aliphatic carbocycles. The van der Waals surface area contributed by atoms with Crippen LogP contribution >= 0.6 is 11.3 Å². The fraction of sp³-hybridized carbons (Fsp3) is 0.571. The van der Waals surface area contributed by atoms with Crippen molar-refractivity contribution in [3.63, 3.8) is 0 Å². The lowest BCUT2D eigenvalue weighted by Crippen LogP contribution is -2.63. The number of rotatable bonds is 6. The number of aliphatic hydroxyl groups excluding tert-OH is 1. The first-order valence-corrected chi connectivity index (χ1v) is 16.3. The topological polar surface area (TPSA) is 141 Å². The summed E-state index contributed by atoms with van der Waals surface area (Å²) in [6.07, 6.45) is 2.15. The van der Waals surface area contributed by atoms with E-state index in [1.54, 1.807) is 10.6 Å². The Hall–Kier alpha value is -2.06. The van der Waals surface area contributed by atoms with Gasteiger partial charge < -0.3 is 15.1 Å². The van der Waals surface area contributed by atoms with Crippen molar-refractivity contribution in [2.75, 3.05) is 0 Å². The van der Waals surface area contributed by atoms with Crippen LogP contribution in [0.5, 0.6) is 0 Å². The van der Waals surface area contributed by atoms with Crippen LogP contribution in [0.25, 0.3) is 10.4 Å². The molecular formula is C21H30N4O6S2Si. The number of sulfonamides is 1. The monoisotopic (exact) mass is 526 g/mol. The first-order valence-electron chi connectivity index (χ1n) is 11.0. The van der Waals surface area contributed by atoms with Gasteiger partial charge in [-0.05, 0) is 12.0 Å². The van der Waals surface area contributed by atoms with E-state index in [4.69, 9.17) is 0 Å². The molecule has 2 aliphatic rings. The molecule has 1 amide bonds. The third-order valence-electron chi connectivity index (χ3n) is 7.34. The van der Waals surface area contributed by atoms with Crippen LogP contribution in [-0.4, -0.2) is 65.2 Å². The third-order valence-corrected chi connectivity index (χ3v) is 16.3. The molecule has 4 rings (SSSR count). The molecule has 2 aromatic rings. The van der Waals surface area contributed by atoms with Crippen LogP contribution in [0.3, 0.4) is 0 Å². The van der Waals surface area contributed by atoms with Crippen molar-refractivity contribution in [1.82, 2.24) is 18.7 Å². The number of carbonyl (C=O) groups is 2. The van der Waals surface area contributed by atoms with Crippen molar-refractivity contribution < 1.29 is 28.2 Å². The standard InChI is InChI=1S/C21H30N4O6S2Si/c1-10-13(16(20(28)29)25-15(10)14(11(2)26)18(25)27)12-8-24-9-22-17(19(24)32-12)33(30,31)23-34(6,7)21(3,4)5/h8-11,14-15,23,26H,1-7H3,(H,28,29)/t10-,11+,14+,15+/m0/s1. The van der Waals surface area contributed by atoms with Gasteiger partial charge in [0, 0.05) is 17.7 Å². The summed E-state index contributed by atoms with van der Waals surface area (Å²) in [5.74, 6) is -2.65. The number of aliphatic hydroxyl groups is 1. The van der Waals surface area contributed by atoms with Gasteiger partial charge in [0.15, 0.2) is 0 Å². The van der Waals surface area contributed by atoms with Gasteiger partial charge in [0.25, 0.3) is 10.0 Å². The molecule has 0 unspecified atom stereocenters. The number of imidazole rings is 1. The first kappa shape index (κ1) is 25.0. The summed E-state index contributed by atoms with van der Waals surface area (Å²) in [5, 5.41) is 19.6. The Morgan fingerprint density at radius 2 is 1.94 bits per heavy atom. The molecule has 13 heteroatoms. The second-order valence-corrected chi connectivity index (χ2v) is 18.7. The minimum Gasteiger partial charge on any atom is -0.477 e. The zero-order valence-electron chi connectivity index (χ0n) is 20.1. The lowest BCUT2D eigenvalue weighted by atomic mass is 9.77. The third kappa shape index (κ3) is 3.56. The van der Waals surface area contributed by atoms with Crippen LogP contribution < -0.4 is 4.39 Å². The molecule has 0 saturated carbocycles. The molecule has 10 nitrogen and oxygen atoms in total. The molecular weight excluding hydrogens is 496 g/mol. The number of carboxylic acids is 1. The molecule has 0 aromatic carbocycles. The Labute approximate surface area is 203 Å². The number of thiazole rings is 1. The van der Waals surface area contributed by atoms with Gasteiger partial charge in [0.1, 0.15) is 25.1 Å². The van der Waals surface area contributed by atoms with Crippen LogP contribution in [-0.2, 0) is 19.6 Å². The molecule has 4 atom stereocenters. The molecule has 3 N–H and O–H groups in total. The van der Waals surface area contributed by atoms with Gasteiger partial charge in [0.05, 0.1) is 22.9 Å². The molecule has 2 aliphatic heterocycles. The molecule has 34 heavy (non-hydrogen) atoms. The average molecular weight is 527 g/mol. The number of nitrogens with zero attached hydrogens (tertiary/aromatic N) is 3. The highest BCUT2D eigenvalue weighted by Gasteiger charge is 2.60. The Balaban J connectivity index is 1.79. The maximum atomic E-state index is 13.3. The fourth-order valence-corrected chi connectivity index (χ4v) is 10.9. The van der Waals surface area contributed by atoms with Gasteiger partial charge in [-0.2, -0.15) is 0 Å². The summed E-state index contributed by atoms with van der Waals surface area (Å²) in [7, 11) is -6.33. The van der Waals surface area contributed by atoms with Gasteiger partial charge in [0.2, 0.25) is 10.9 Å². The Morgan fingerprint density at radius 3 is 2.47 bits per heavy atom. The Morgan fingerprint density at radius 1 is 1.32 bits per heavy atom. The molecule has 0 radical (unpaired) electrons. The zero-order valence-corrected chi connectivity index (χ0v) is 22.8. The molecule has 4 heterocycles. The highest BCUT2D eigenvalue weighted by Crippen LogP contribution is 2.51. The average Bonchev–Trinajstić information content (AvgIpc) is 3.29. The van der Waals surface area contributed by atoms with Crippen LogP contribution in [0, 0.1) is 11.8 Å². The summed E-state index contributed by atoms with van der Waals surface area (Å²) in [5.41, 5.74) is 0.351. The molecule has 1 saturated heterocycles. The van der Waals surface area contributed by atoms with E-state index in [9.17, 15) is 28.2 Å².